The minimum Gasteiger partial charge on any atom is -0.395 e. The first-order valence-corrected chi connectivity index (χ1v) is 5.67. The molecule has 1 aromatic rings. The summed E-state index contributed by atoms with van der Waals surface area (Å²) < 4.78 is 6.68. The molecule has 0 atom stereocenters. The van der Waals surface area contributed by atoms with E-state index in [1.165, 1.54) is 5.56 Å². The van der Waals surface area contributed by atoms with Gasteiger partial charge < -0.3 is 9.84 Å². The molecule has 0 saturated heterocycles. The number of aliphatic hydroxyl groups is 1. The van der Waals surface area contributed by atoms with E-state index < -0.39 is 0 Å². The van der Waals surface area contributed by atoms with Crippen molar-refractivity contribution in [1.82, 2.24) is 4.90 Å². The van der Waals surface area contributed by atoms with Crippen LogP contribution >= 0.6 is 0 Å². The van der Waals surface area contributed by atoms with E-state index in [1.807, 2.05) is 24.5 Å². The van der Waals surface area contributed by atoms with E-state index in [0.717, 1.165) is 13.1 Å². The van der Waals surface area contributed by atoms with Crippen LogP contribution in [0.25, 0.3) is 0 Å². The van der Waals surface area contributed by atoms with Crippen LogP contribution in [0.1, 0.15) is 5.56 Å². The number of methoxy groups -OCH3 is 1. The van der Waals surface area contributed by atoms with Gasteiger partial charge in [-0.05, 0) is 5.56 Å². The van der Waals surface area contributed by atoms with Crippen LogP contribution in [0, 0.1) is 0 Å². The fourth-order valence-corrected chi connectivity index (χ4v) is 1.56. The van der Waals surface area contributed by atoms with Crippen LogP contribution in [0.15, 0.2) is 24.5 Å². The normalized spacial score (nSPS) is 10.8. The SMILES string of the molecule is COCCN(CCO)Cc1cc[n+](OC)cc1. The Morgan fingerprint density at radius 1 is 1.24 bits per heavy atom. The lowest BCUT2D eigenvalue weighted by Crippen LogP contribution is -2.39. The lowest BCUT2D eigenvalue weighted by molar-refractivity contribution is -0.885. The van der Waals surface area contributed by atoms with E-state index in [0.29, 0.717) is 13.2 Å². The van der Waals surface area contributed by atoms with E-state index in [9.17, 15) is 0 Å². The highest BCUT2D eigenvalue weighted by molar-refractivity contribution is 5.06. The van der Waals surface area contributed by atoms with Crippen LogP contribution in [0.4, 0.5) is 0 Å². The molecule has 0 aliphatic heterocycles. The molecule has 17 heavy (non-hydrogen) atoms. The molecular formula is C12H21N2O3+. The second-order valence-corrected chi connectivity index (χ2v) is 3.74. The molecule has 1 rings (SSSR count). The minimum absolute atomic E-state index is 0.161. The van der Waals surface area contributed by atoms with Gasteiger partial charge in [-0.15, -0.1) is 0 Å². The third-order valence-electron chi connectivity index (χ3n) is 2.52. The van der Waals surface area contributed by atoms with Gasteiger partial charge in [-0.1, -0.05) is 0 Å². The Labute approximate surface area is 102 Å². The van der Waals surface area contributed by atoms with Crippen molar-refractivity contribution in [2.45, 2.75) is 6.54 Å². The van der Waals surface area contributed by atoms with Gasteiger partial charge in [0.1, 0.15) is 7.11 Å². The van der Waals surface area contributed by atoms with Crippen LogP contribution in [-0.4, -0.2) is 50.5 Å². The van der Waals surface area contributed by atoms with Gasteiger partial charge in [0, 0.05) is 43.6 Å². The molecule has 5 heteroatoms. The van der Waals surface area contributed by atoms with Crippen LogP contribution in [0.3, 0.4) is 0 Å². The summed E-state index contributed by atoms with van der Waals surface area (Å²) in [4.78, 5) is 7.18. The van der Waals surface area contributed by atoms with Gasteiger partial charge >= 0.3 is 0 Å². The average molecular weight is 241 g/mol. The van der Waals surface area contributed by atoms with Gasteiger partial charge in [-0.25, -0.2) is 0 Å². The molecule has 0 fully saturated rings. The summed E-state index contributed by atoms with van der Waals surface area (Å²) in [5, 5.41) is 8.99. The quantitative estimate of drug-likeness (QED) is 0.622. The molecule has 1 aromatic heterocycles. The Morgan fingerprint density at radius 3 is 2.47 bits per heavy atom. The van der Waals surface area contributed by atoms with Crippen molar-refractivity contribution >= 4 is 0 Å². The van der Waals surface area contributed by atoms with Crippen molar-refractivity contribution in [2.24, 2.45) is 0 Å². The van der Waals surface area contributed by atoms with Gasteiger partial charge in [-0.2, -0.15) is 0 Å². The van der Waals surface area contributed by atoms with Gasteiger partial charge in [0.05, 0.1) is 13.2 Å². The number of ether oxygens (including phenoxy) is 1. The predicted octanol–water partition coefficient (Wildman–Crippen LogP) is -0.527. The zero-order valence-corrected chi connectivity index (χ0v) is 10.5. The van der Waals surface area contributed by atoms with Crippen LogP contribution in [-0.2, 0) is 11.3 Å². The molecule has 0 bridgehead atoms. The molecule has 0 aliphatic rings. The van der Waals surface area contributed by atoms with Crippen LogP contribution in [0.5, 0.6) is 0 Å². The topological polar surface area (TPSA) is 45.8 Å². The molecule has 0 unspecified atom stereocenters. The third kappa shape index (κ3) is 5.12. The summed E-state index contributed by atoms with van der Waals surface area (Å²) in [6.45, 7) is 3.10. The van der Waals surface area contributed by atoms with Gasteiger partial charge in [0.25, 0.3) is 0 Å². The molecule has 0 aliphatic carbocycles. The summed E-state index contributed by atoms with van der Waals surface area (Å²) >= 11 is 0. The Balaban J connectivity index is 2.51. The highest BCUT2D eigenvalue weighted by atomic mass is 16.6. The third-order valence-corrected chi connectivity index (χ3v) is 2.52. The number of hydrogen-bond donors (Lipinski definition) is 1. The molecule has 0 spiro atoms. The average Bonchev–Trinajstić information content (AvgIpc) is 2.37. The van der Waals surface area contributed by atoms with Gasteiger partial charge in [0.2, 0.25) is 12.4 Å². The smallest absolute Gasteiger partial charge is 0.222 e. The number of hydrogen-bond acceptors (Lipinski definition) is 4. The predicted molar refractivity (Wildman–Crippen MR) is 63.4 cm³/mol. The molecule has 0 radical (unpaired) electrons. The molecule has 96 valence electrons. The fourth-order valence-electron chi connectivity index (χ4n) is 1.56. The zero-order chi connectivity index (χ0) is 12.5. The molecule has 1 N–H and O–H groups in total. The largest absolute Gasteiger partial charge is 0.395 e. The highest BCUT2D eigenvalue weighted by Gasteiger charge is 2.07. The van der Waals surface area contributed by atoms with Crippen LogP contribution < -0.4 is 9.57 Å². The standard InChI is InChI=1S/C12H21N2O3/c1-16-10-8-13(7-9-15)11-12-3-5-14(17-2)6-4-12/h3-6,15H,7-11H2,1-2H3/q+1. The summed E-state index contributed by atoms with van der Waals surface area (Å²) in [5.74, 6) is 0. The van der Waals surface area contributed by atoms with E-state index in [2.05, 4.69) is 4.90 Å². The summed E-state index contributed by atoms with van der Waals surface area (Å²) in [6, 6.07) is 4.00. The Hall–Kier alpha value is -1.17. The lowest BCUT2D eigenvalue weighted by atomic mass is 10.2. The number of aliphatic hydroxyl groups excluding tert-OH is 1. The first-order valence-electron chi connectivity index (χ1n) is 5.67. The van der Waals surface area contributed by atoms with Crippen molar-refractivity contribution in [3.05, 3.63) is 30.1 Å². The summed E-state index contributed by atoms with van der Waals surface area (Å²) in [7, 11) is 3.30. The molecule has 0 saturated carbocycles. The lowest BCUT2D eigenvalue weighted by Gasteiger charge is -2.20. The van der Waals surface area contributed by atoms with Crippen molar-refractivity contribution in [3.8, 4) is 0 Å². The minimum atomic E-state index is 0.161. The Morgan fingerprint density at radius 2 is 1.94 bits per heavy atom. The maximum atomic E-state index is 8.99. The maximum Gasteiger partial charge on any atom is 0.222 e. The van der Waals surface area contributed by atoms with Crippen LogP contribution in [0.2, 0.25) is 0 Å². The first kappa shape index (κ1) is 13.9. The number of aromatic nitrogens is 1. The van der Waals surface area contributed by atoms with Crippen molar-refractivity contribution in [2.75, 3.05) is 40.5 Å². The molecule has 1 heterocycles. The summed E-state index contributed by atoms with van der Waals surface area (Å²) in [5.41, 5.74) is 1.18. The summed E-state index contributed by atoms with van der Waals surface area (Å²) in [6.07, 6.45) is 3.73. The Bertz CT molecular complexity index is 303. The zero-order valence-electron chi connectivity index (χ0n) is 10.5. The van der Waals surface area contributed by atoms with E-state index in [-0.39, 0.29) is 6.61 Å². The molecule has 5 nitrogen and oxygen atoms in total. The van der Waals surface area contributed by atoms with Crippen molar-refractivity contribution in [1.29, 1.82) is 0 Å². The highest BCUT2D eigenvalue weighted by Crippen LogP contribution is 2.01. The molecular weight excluding hydrogens is 220 g/mol. The van der Waals surface area contributed by atoms with E-state index in [1.54, 1.807) is 19.0 Å². The van der Waals surface area contributed by atoms with E-state index in [4.69, 9.17) is 14.7 Å². The van der Waals surface area contributed by atoms with Crippen molar-refractivity contribution in [3.63, 3.8) is 0 Å². The first-order chi connectivity index (χ1) is 8.30. The second-order valence-electron chi connectivity index (χ2n) is 3.74. The monoisotopic (exact) mass is 241 g/mol. The fraction of sp³-hybridized carbons (Fsp3) is 0.583. The van der Waals surface area contributed by atoms with E-state index >= 15 is 0 Å². The van der Waals surface area contributed by atoms with Gasteiger partial charge in [-0.3, -0.25) is 9.74 Å². The van der Waals surface area contributed by atoms with Gasteiger partial charge in [0.15, 0.2) is 0 Å². The van der Waals surface area contributed by atoms with Crippen molar-refractivity contribution < 1.29 is 19.4 Å². The molecule has 0 amide bonds. The Kier molecular flexibility index (Phi) is 6.54. The maximum absolute atomic E-state index is 8.99. The number of nitrogens with zero attached hydrogens (tertiary/aromatic N) is 2. The molecule has 0 aromatic carbocycles. The second kappa shape index (κ2) is 8.00. The number of pyridine rings is 1. The number of rotatable bonds is 8.